The first-order valence-corrected chi connectivity index (χ1v) is 6.65. The predicted molar refractivity (Wildman–Crippen MR) is 80.1 cm³/mol. The van der Waals surface area contributed by atoms with Gasteiger partial charge in [-0.05, 0) is 30.3 Å². The van der Waals surface area contributed by atoms with Crippen molar-refractivity contribution in [2.24, 2.45) is 0 Å². The molecule has 0 amide bonds. The Bertz CT molecular complexity index is 764. The van der Waals surface area contributed by atoms with Gasteiger partial charge in [0.1, 0.15) is 17.6 Å². The summed E-state index contributed by atoms with van der Waals surface area (Å²) in [6, 6.07) is 14.6. The molecule has 2 aromatic carbocycles. The number of carbonyl (C=O) groups excluding carboxylic acids is 2. The monoisotopic (exact) mass is 311 g/mol. The topological polar surface area (TPSA) is 85.6 Å². The molecule has 0 fully saturated rings. The third-order valence-electron chi connectivity index (χ3n) is 2.84. The van der Waals surface area contributed by atoms with Crippen LogP contribution >= 0.6 is 0 Å². The van der Waals surface area contributed by atoms with Gasteiger partial charge in [-0.3, -0.25) is 0 Å². The molecule has 116 valence electrons. The molecule has 0 aliphatic carbocycles. The first-order valence-electron chi connectivity index (χ1n) is 6.65. The highest BCUT2D eigenvalue weighted by Gasteiger charge is 2.11. The third kappa shape index (κ3) is 4.32. The van der Waals surface area contributed by atoms with Crippen LogP contribution in [0.3, 0.4) is 0 Å². The zero-order valence-electron chi connectivity index (χ0n) is 12.3. The van der Waals surface area contributed by atoms with Crippen LogP contribution in [0.4, 0.5) is 0 Å². The molecule has 6 nitrogen and oxygen atoms in total. The molecule has 23 heavy (non-hydrogen) atoms. The van der Waals surface area contributed by atoms with Crippen LogP contribution in [0.25, 0.3) is 0 Å². The highest BCUT2D eigenvalue weighted by atomic mass is 16.6. The van der Waals surface area contributed by atoms with Gasteiger partial charge in [-0.2, -0.15) is 5.26 Å². The van der Waals surface area contributed by atoms with E-state index < -0.39 is 11.9 Å². The van der Waals surface area contributed by atoms with E-state index in [-0.39, 0.29) is 17.9 Å². The SMILES string of the molecule is COC(=O)c1cccc(OC(=O)COc2ccccc2C#N)c1. The van der Waals surface area contributed by atoms with Crippen molar-refractivity contribution < 1.29 is 23.8 Å². The highest BCUT2D eigenvalue weighted by Crippen LogP contribution is 2.17. The quantitative estimate of drug-likeness (QED) is 0.622. The van der Waals surface area contributed by atoms with Crippen molar-refractivity contribution in [1.82, 2.24) is 0 Å². The summed E-state index contributed by atoms with van der Waals surface area (Å²) in [4.78, 5) is 23.2. The molecule has 0 N–H and O–H groups in total. The smallest absolute Gasteiger partial charge is 0.349 e. The van der Waals surface area contributed by atoms with Gasteiger partial charge in [0.15, 0.2) is 6.61 Å². The zero-order valence-corrected chi connectivity index (χ0v) is 12.3. The number of rotatable bonds is 5. The van der Waals surface area contributed by atoms with Crippen LogP contribution in [-0.4, -0.2) is 25.7 Å². The summed E-state index contributed by atoms with van der Waals surface area (Å²) in [5, 5.41) is 8.93. The Labute approximate surface area is 132 Å². The van der Waals surface area contributed by atoms with Crippen molar-refractivity contribution in [3.63, 3.8) is 0 Å². The maximum absolute atomic E-state index is 11.8. The van der Waals surface area contributed by atoms with E-state index in [4.69, 9.17) is 14.7 Å². The lowest BCUT2D eigenvalue weighted by Gasteiger charge is -2.08. The summed E-state index contributed by atoms with van der Waals surface area (Å²) in [6.45, 7) is -0.360. The molecular formula is C17H13NO5. The van der Waals surface area contributed by atoms with E-state index in [0.29, 0.717) is 11.3 Å². The summed E-state index contributed by atoms with van der Waals surface area (Å²) < 4.78 is 15.0. The second kappa shape index (κ2) is 7.61. The van der Waals surface area contributed by atoms with Crippen LogP contribution in [-0.2, 0) is 9.53 Å². The highest BCUT2D eigenvalue weighted by molar-refractivity contribution is 5.90. The fourth-order valence-electron chi connectivity index (χ4n) is 1.79. The molecule has 0 bridgehead atoms. The van der Waals surface area contributed by atoms with Crippen molar-refractivity contribution in [2.75, 3.05) is 13.7 Å². The number of nitriles is 1. The molecule has 2 aromatic rings. The number of benzene rings is 2. The molecule has 0 unspecified atom stereocenters. The van der Waals surface area contributed by atoms with Crippen LogP contribution in [0.2, 0.25) is 0 Å². The van der Waals surface area contributed by atoms with E-state index in [9.17, 15) is 9.59 Å². The van der Waals surface area contributed by atoms with Gasteiger partial charge in [-0.15, -0.1) is 0 Å². The van der Waals surface area contributed by atoms with E-state index in [1.807, 2.05) is 6.07 Å². The van der Waals surface area contributed by atoms with Crippen LogP contribution in [0.1, 0.15) is 15.9 Å². The van der Waals surface area contributed by atoms with Crippen LogP contribution < -0.4 is 9.47 Å². The number of para-hydroxylation sites is 1. The first kappa shape index (κ1) is 16.0. The predicted octanol–water partition coefficient (Wildman–Crippen LogP) is 2.33. The second-order valence-corrected chi connectivity index (χ2v) is 4.39. The molecule has 0 radical (unpaired) electrons. The number of esters is 2. The van der Waals surface area contributed by atoms with Crippen molar-refractivity contribution in [2.45, 2.75) is 0 Å². The molecule has 0 saturated heterocycles. The van der Waals surface area contributed by atoms with E-state index in [0.717, 1.165) is 0 Å². The van der Waals surface area contributed by atoms with E-state index in [2.05, 4.69) is 4.74 Å². The minimum absolute atomic E-state index is 0.204. The number of nitrogens with zero attached hydrogens (tertiary/aromatic N) is 1. The minimum atomic E-state index is -0.653. The zero-order chi connectivity index (χ0) is 16.7. The van der Waals surface area contributed by atoms with Gasteiger partial charge in [0.2, 0.25) is 0 Å². The lowest BCUT2D eigenvalue weighted by molar-refractivity contribution is -0.136. The maximum atomic E-state index is 11.8. The van der Waals surface area contributed by atoms with Gasteiger partial charge in [-0.25, -0.2) is 9.59 Å². The van der Waals surface area contributed by atoms with Gasteiger partial charge in [0.05, 0.1) is 18.2 Å². The molecule has 6 heteroatoms. The third-order valence-corrected chi connectivity index (χ3v) is 2.84. The number of ether oxygens (including phenoxy) is 3. The molecule has 0 heterocycles. The second-order valence-electron chi connectivity index (χ2n) is 4.39. The largest absolute Gasteiger partial charge is 0.481 e. The van der Waals surface area contributed by atoms with E-state index in [1.54, 1.807) is 36.4 Å². The molecule has 0 aliphatic rings. The minimum Gasteiger partial charge on any atom is -0.481 e. The summed E-state index contributed by atoms with van der Waals surface area (Å²) in [5.41, 5.74) is 0.599. The Morgan fingerprint density at radius 3 is 2.65 bits per heavy atom. The van der Waals surface area contributed by atoms with Gasteiger partial charge in [0.25, 0.3) is 0 Å². The summed E-state index contributed by atoms with van der Waals surface area (Å²) in [5.74, 6) is -0.674. The van der Waals surface area contributed by atoms with E-state index >= 15 is 0 Å². The molecule has 0 atom stereocenters. The Morgan fingerprint density at radius 2 is 1.91 bits per heavy atom. The Balaban J connectivity index is 1.98. The van der Waals surface area contributed by atoms with Gasteiger partial charge < -0.3 is 14.2 Å². The summed E-state index contributed by atoms with van der Waals surface area (Å²) >= 11 is 0. The summed E-state index contributed by atoms with van der Waals surface area (Å²) in [6.07, 6.45) is 0. The molecular weight excluding hydrogens is 298 g/mol. The van der Waals surface area contributed by atoms with Crippen molar-refractivity contribution >= 4 is 11.9 Å². The van der Waals surface area contributed by atoms with Crippen LogP contribution in [0, 0.1) is 11.3 Å². The molecule has 0 aliphatic heterocycles. The normalized spacial score (nSPS) is 9.57. The first-order chi connectivity index (χ1) is 11.1. The fraction of sp³-hybridized carbons (Fsp3) is 0.118. The molecule has 0 spiro atoms. The van der Waals surface area contributed by atoms with Crippen molar-refractivity contribution in [3.8, 4) is 17.6 Å². The summed E-state index contributed by atoms with van der Waals surface area (Å²) in [7, 11) is 1.27. The molecule has 2 rings (SSSR count). The lowest BCUT2D eigenvalue weighted by atomic mass is 10.2. The molecule has 0 aromatic heterocycles. The van der Waals surface area contributed by atoms with Gasteiger partial charge in [0, 0.05) is 0 Å². The standard InChI is InChI=1S/C17H13NO5/c1-21-17(20)12-6-4-7-14(9-12)23-16(19)11-22-15-8-3-2-5-13(15)10-18/h2-9H,11H2,1H3. The molecule has 0 saturated carbocycles. The number of carbonyl (C=O) groups is 2. The van der Waals surface area contributed by atoms with Crippen molar-refractivity contribution in [1.29, 1.82) is 5.26 Å². The average molecular weight is 311 g/mol. The Hall–Kier alpha value is -3.33. The van der Waals surface area contributed by atoms with Crippen LogP contribution in [0.5, 0.6) is 11.5 Å². The lowest BCUT2D eigenvalue weighted by Crippen LogP contribution is -2.18. The fourth-order valence-corrected chi connectivity index (χ4v) is 1.79. The van der Waals surface area contributed by atoms with E-state index in [1.165, 1.54) is 19.2 Å². The number of hydrogen-bond acceptors (Lipinski definition) is 6. The van der Waals surface area contributed by atoms with Crippen molar-refractivity contribution in [3.05, 3.63) is 59.7 Å². The Morgan fingerprint density at radius 1 is 1.13 bits per heavy atom. The van der Waals surface area contributed by atoms with Gasteiger partial charge in [-0.1, -0.05) is 18.2 Å². The maximum Gasteiger partial charge on any atom is 0.349 e. The van der Waals surface area contributed by atoms with Crippen LogP contribution in [0.15, 0.2) is 48.5 Å². The van der Waals surface area contributed by atoms with Gasteiger partial charge >= 0.3 is 11.9 Å². The number of hydrogen-bond donors (Lipinski definition) is 0. The number of methoxy groups -OCH3 is 1. The average Bonchev–Trinajstić information content (AvgIpc) is 2.59. The Kier molecular flexibility index (Phi) is 5.31.